The number of esters is 4. The molecule has 3 N–H and O–H groups in total. The molecule has 16 heteroatoms. The van der Waals surface area contributed by atoms with Crippen molar-refractivity contribution in [2.24, 2.45) is 16.7 Å². The molecule has 3 fully saturated rings. The number of benzene rings is 4. The predicted octanol–water partition coefficient (Wildman–Crippen LogP) is 5.93. The summed E-state index contributed by atoms with van der Waals surface area (Å²) in [5.41, 5.74) is -6.05. The van der Waals surface area contributed by atoms with Gasteiger partial charge < -0.3 is 48.7 Å². The number of ketones is 1. The number of rotatable bonds is 15. The molecule has 4 aromatic carbocycles. The van der Waals surface area contributed by atoms with Crippen LogP contribution in [0.15, 0.2) is 132 Å². The summed E-state index contributed by atoms with van der Waals surface area (Å²) < 4.78 is 43.2. The van der Waals surface area contributed by atoms with E-state index in [0.29, 0.717) is 11.1 Å². The molecule has 0 spiro atoms. The maximum absolute atomic E-state index is 15.7. The Balaban J connectivity index is 1.27. The minimum absolute atomic E-state index is 0.0195. The molecule has 1 saturated heterocycles. The molecule has 11 atom stereocenters. The Morgan fingerprint density at radius 2 is 1.38 bits per heavy atom. The minimum Gasteiger partial charge on any atom is -0.456 e. The lowest BCUT2D eigenvalue weighted by atomic mass is 9.44. The van der Waals surface area contributed by atoms with Crippen molar-refractivity contribution < 1.29 is 72.1 Å². The first-order valence-electron chi connectivity index (χ1n) is 23.6. The van der Waals surface area contributed by atoms with Gasteiger partial charge in [0.25, 0.3) is 5.91 Å². The third kappa shape index (κ3) is 9.42. The van der Waals surface area contributed by atoms with Crippen LogP contribution in [0.25, 0.3) is 0 Å². The van der Waals surface area contributed by atoms with Crippen LogP contribution in [0.2, 0.25) is 0 Å². The lowest BCUT2D eigenvalue weighted by Crippen LogP contribution is -2.82. The monoisotopic (exact) mass is 973 g/mol. The topological polar surface area (TPSA) is 220 Å². The summed E-state index contributed by atoms with van der Waals surface area (Å²) in [5, 5.41) is 29.1. The number of aliphatic hydroxyl groups excluding tert-OH is 1. The first-order chi connectivity index (χ1) is 33.8. The average molecular weight is 974 g/mol. The number of fused-ring (bicyclic) bond motifs is 5. The quantitative estimate of drug-likeness (QED) is 0.0413. The number of hydrogen-bond donors (Lipinski definition) is 3. The zero-order chi connectivity index (χ0) is 50.9. The molecule has 3 aliphatic carbocycles. The number of nitrogens with one attached hydrogen (secondary N) is 1. The number of hydrogen-bond acceptors (Lipinski definition) is 15. The van der Waals surface area contributed by atoms with E-state index < -0.39 is 119 Å². The SMILES string of the molecule is CC(=O)O[C@H]1C(=O)[C@@]2(C)C(C(OC(=O)c3ccccc3)[C@]3(O)C[C@H](OC(=O)[C@H](OCOCc4ccccc4)[C@@H](NC(=O)c4ccccc4)c4ccccc4)C(C)=C1C3(C)C)[C@]1(OC(C)=O)CO[C@@H]1C[C@@H]2O. The van der Waals surface area contributed by atoms with Crippen LogP contribution in [0, 0.1) is 16.7 Å². The van der Waals surface area contributed by atoms with Crippen LogP contribution < -0.4 is 5.32 Å². The molecule has 1 amide bonds. The summed E-state index contributed by atoms with van der Waals surface area (Å²) >= 11 is 0. The van der Waals surface area contributed by atoms with Crippen LogP contribution in [-0.4, -0.2) is 107 Å². The first-order valence-corrected chi connectivity index (χ1v) is 23.6. The number of carbonyl (C=O) groups excluding carboxylic acids is 6. The average Bonchev–Trinajstić information content (AvgIpc) is 3.35. The molecule has 0 aromatic heterocycles. The van der Waals surface area contributed by atoms with E-state index in [2.05, 4.69) is 5.32 Å². The molecular weight excluding hydrogens is 915 g/mol. The molecule has 0 radical (unpaired) electrons. The molecule has 16 nitrogen and oxygen atoms in total. The Morgan fingerprint density at radius 1 is 0.789 bits per heavy atom. The van der Waals surface area contributed by atoms with Crippen molar-refractivity contribution in [2.45, 2.75) is 115 Å². The van der Waals surface area contributed by atoms with Crippen LogP contribution in [0.5, 0.6) is 0 Å². The molecule has 1 aliphatic heterocycles. The molecule has 4 aliphatic rings. The maximum Gasteiger partial charge on any atom is 0.338 e. The Morgan fingerprint density at radius 3 is 1.96 bits per heavy atom. The second-order valence-corrected chi connectivity index (χ2v) is 19.4. The van der Waals surface area contributed by atoms with Crippen molar-refractivity contribution in [3.05, 3.63) is 155 Å². The molecule has 2 unspecified atom stereocenters. The van der Waals surface area contributed by atoms with Crippen molar-refractivity contribution in [2.75, 3.05) is 13.4 Å². The van der Waals surface area contributed by atoms with E-state index in [-0.39, 0.29) is 36.3 Å². The number of ether oxygens (including phenoxy) is 7. The summed E-state index contributed by atoms with van der Waals surface area (Å²) in [4.78, 5) is 85.8. The van der Waals surface area contributed by atoms with E-state index in [9.17, 15) is 29.4 Å². The van der Waals surface area contributed by atoms with E-state index in [4.69, 9.17) is 33.2 Å². The summed E-state index contributed by atoms with van der Waals surface area (Å²) in [6, 6.07) is 33.0. The molecule has 4 aromatic rings. The third-order valence-electron chi connectivity index (χ3n) is 14.9. The molecule has 374 valence electrons. The van der Waals surface area contributed by atoms with Gasteiger partial charge in [-0.15, -0.1) is 0 Å². The molecule has 2 saturated carbocycles. The molecule has 8 rings (SSSR count). The van der Waals surface area contributed by atoms with Gasteiger partial charge in [0.15, 0.2) is 23.6 Å². The lowest BCUT2D eigenvalue weighted by molar-refractivity contribution is -0.346. The summed E-state index contributed by atoms with van der Waals surface area (Å²) in [6.45, 7) is 7.79. The Hall–Kier alpha value is -6.56. The van der Waals surface area contributed by atoms with Crippen molar-refractivity contribution in [3.8, 4) is 0 Å². The highest BCUT2D eigenvalue weighted by atomic mass is 16.7. The van der Waals surface area contributed by atoms with Crippen LogP contribution in [0.3, 0.4) is 0 Å². The van der Waals surface area contributed by atoms with Gasteiger partial charge in [-0.2, -0.15) is 0 Å². The van der Waals surface area contributed by atoms with Crippen LogP contribution in [-0.2, 0) is 58.9 Å². The van der Waals surface area contributed by atoms with E-state index in [1.54, 1.807) is 99.6 Å². The summed E-state index contributed by atoms with van der Waals surface area (Å²) in [5.74, 6) is -6.56. The van der Waals surface area contributed by atoms with Gasteiger partial charge in [0.05, 0.1) is 42.3 Å². The fraction of sp³-hybridized carbons (Fsp3) is 0.418. The number of amides is 1. The van der Waals surface area contributed by atoms with Crippen LogP contribution >= 0.6 is 0 Å². The van der Waals surface area contributed by atoms with Gasteiger partial charge in [-0.1, -0.05) is 111 Å². The van der Waals surface area contributed by atoms with Gasteiger partial charge in [0, 0.05) is 37.7 Å². The first kappa shape index (κ1) is 50.8. The van der Waals surface area contributed by atoms with Crippen molar-refractivity contribution in [1.82, 2.24) is 5.32 Å². The zero-order valence-electron chi connectivity index (χ0n) is 40.4. The fourth-order valence-corrected chi connectivity index (χ4v) is 11.2. The van der Waals surface area contributed by atoms with Crippen LogP contribution in [0.1, 0.15) is 92.3 Å². The largest absolute Gasteiger partial charge is 0.456 e. The van der Waals surface area contributed by atoms with Crippen molar-refractivity contribution in [1.29, 1.82) is 0 Å². The highest BCUT2D eigenvalue weighted by molar-refractivity contribution is 5.96. The van der Waals surface area contributed by atoms with Gasteiger partial charge in [0.1, 0.15) is 30.7 Å². The van der Waals surface area contributed by atoms with Crippen LogP contribution in [0.4, 0.5) is 0 Å². The van der Waals surface area contributed by atoms with E-state index in [1.165, 1.54) is 26.0 Å². The van der Waals surface area contributed by atoms with Gasteiger partial charge in [0.2, 0.25) is 0 Å². The Kier molecular flexibility index (Phi) is 14.5. The predicted molar refractivity (Wildman–Crippen MR) is 253 cm³/mol. The van der Waals surface area contributed by atoms with Crippen molar-refractivity contribution in [3.63, 3.8) is 0 Å². The standard InChI is InChI=1S/C55H59NO15/c1-32-39(69-51(63)45(67-31-65-29-35-19-11-7-12-20-35)43(36-21-13-8-14-22-36)56-49(61)37-23-15-9-16-24-37)28-55(64)48(70-50(62)38-25-17-10-18-26-38)46-53(6,40(59)27-41-54(46,30-66-41)71-34(3)58)47(60)44(68-33(2)57)42(32)52(55,4)5/h7-26,39-41,43-46,48,59,64H,27-31H2,1-6H3,(H,56,61)/t39-,40-,41+,43-,44+,45+,46?,48?,53+,54-,55+/m0/s1. The molecule has 1 heterocycles. The van der Waals surface area contributed by atoms with Gasteiger partial charge in [-0.3, -0.25) is 19.2 Å². The minimum atomic E-state index is -2.40. The third-order valence-corrected chi connectivity index (χ3v) is 14.9. The van der Waals surface area contributed by atoms with E-state index in [0.717, 1.165) is 12.5 Å². The number of carbonyl (C=O) groups is 6. The Labute approximate surface area is 411 Å². The number of aliphatic hydroxyl groups is 2. The summed E-state index contributed by atoms with van der Waals surface area (Å²) in [7, 11) is 0. The molecule has 2 bridgehead atoms. The zero-order valence-corrected chi connectivity index (χ0v) is 40.4. The Bertz CT molecular complexity index is 2660. The van der Waals surface area contributed by atoms with E-state index >= 15 is 9.59 Å². The normalized spacial score (nSPS) is 29.3. The molecule has 71 heavy (non-hydrogen) atoms. The van der Waals surface area contributed by atoms with Gasteiger partial charge in [-0.25, -0.2) is 9.59 Å². The van der Waals surface area contributed by atoms with E-state index in [1.807, 2.05) is 30.3 Å². The second kappa shape index (κ2) is 20.3. The highest BCUT2D eigenvalue weighted by Gasteiger charge is 2.78. The highest BCUT2D eigenvalue weighted by Crippen LogP contribution is 2.64. The molecular formula is C55H59NO15. The lowest BCUT2D eigenvalue weighted by Gasteiger charge is -2.67. The number of Topliss-reactive ketones (excluding diaryl/α,β-unsaturated/α-hetero) is 1. The van der Waals surface area contributed by atoms with Gasteiger partial charge >= 0.3 is 23.9 Å². The fourth-order valence-electron chi connectivity index (χ4n) is 11.2. The van der Waals surface area contributed by atoms with Crippen molar-refractivity contribution >= 4 is 35.6 Å². The second-order valence-electron chi connectivity index (χ2n) is 19.4. The smallest absolute Gasteiger partial charge is 0.338 e. The van der Waals surface area contributed by atoms with Gasteiger partial charge in [-0.05, 0) is 60.4 Å². The maximum atomic E-state index is 15.7. The summed E-state index contributed by atoms with van der Waals surface area (Å²) in [6.07, 6.45) is -10.1.